The normalized spacial score (nSPS) is 11.4. The molecular formula is C134H88. The van der Waals surface area contributed by atoms with Crippen LogP contribution in [0.4, 0.5) is 0 Å². The van der Waals surface area contributed by atoms with E-state index >= 15 is 0 Å². The number of hydrogen-bond acceptors (Lipinski definition) is 0. The first kappa shape index (κ1) is 79.9. The average Bonchev–Trinajstić information content (AvgIpc) is 0.728. The van der Waals surface area contributed by atoms with Gasteiger partial charge in [0.05, 0.1) is 0 Å². The van der Waals surface area contributed by atoms with Crippen LogP contribution in [0.2, 0.25) is 0 Å². The smallest absolute Gasteiger partial charge is 0.00201 e. The first-order valence-corrected chi connectivity index (χ1v) is 46.4. The van der Waals surface area contributed by atoms with E-state index in [4.69, 9.17) is 0 Å². The molecule has 134 heavy (non-hydrogen) atoms. The van der Waals surface area contributed by atoms with Gasteiger partial charge in [-0.2, -0.15) is 0 Å². The average molecular weight is 1700 g/mol. The van der Waals surface area contributed by atoms with E-state index in [-0.39, 0.29) is 0 Å². The van der Waals surface area contributed by atoms with Gasteiger partial charge in [0.2, 0.25) is 0 Å². The van der Waals surface area contributed by atoms with Gasteiger partial charge in [-0.3, -0.25) is 0 Å². The molecule has 0 aliphatic rings. The number of hydrogen-bond donors (Lipinski definition) is 0. The summed E-state index contributed by atoms with van der Waals surface area (Å²) in [5.74, 6) is 0. The zero-order valence-corrected chi connectivity index (χ0v) is 73.8. The van der Waals surface area contributed by atoms with Crippen LogP contribution in [0.25, 0.3) is 252 Å². The molecule has 26 rings (SSSR count). The maximum Gasteiger partial charge on any atom is -0.00201 e. The minimum atomic E-state index is 1.23. The van der Waals surface area contributed by atoms with Gasteiger partial charge < -0.3 is 0 Å². The molecule has 0 aromatic heterocycles. The Morgan fingerprint density at radius 3 is 0.694 bits per heavy atom. The molecule has 26 aromatic carbocycles. The predicted molar refractivity (Wildman–Crippen MR) is 577 cm³/mol. The largest absolute Gasteiger partial charge is 0.0622 e. The molecule has 0 nitrogen and oxygen atoms in total. The maximum atomic E-state index is 2.39. The van der Waals surface area contributed by atoms with E-state index < -0.39 is 0 Å². The van der Waals surface area contributed by atoms with Crippen molar-refractivity contribution in [3.8, 4) is 134 Å². The van der Waals surface area contributed by atoms with Crippen molar-refractivity contribution in [2.24, 2.45) is 0 Å². The van der Waals surface area contributed by atoms with Gasteiger partial charge in [0.1, 0.15) is 0 Å². The number of benzene rings is 26. The van der Waals surface area contributed by atoms with Crippen molar-refractivity contribution in [2.75, 3.05) is 0 Å². The van der Waals surface area contributed by atoms with Crippen LogP contribution in [-0.2, 0) is 0 Å². The second kappa shape index (κ2) is 34.9. The Labute approximate surface area is 780 Å². The molecule has 0 fully saturated rings. The fourth-order valence-electron chi connectivity index (χ4n) is 21.4. The quantitative estimate of drug-likeness (QED) is 0.0845. The van der Waals surface area contributed by atoms with Gasteiger partial charge in [0.15, 0.2) is 0 Å². The molecule has 0 N–H and O–H groups in total. The summed E-state index contributed by atoms with van der Waals surface area (Å²) in [6.45, 7) is 0. The van der Waals surface area contributed by atoms with E-state index in [0.717, 1.165) is 0 Å². The molecule has 624 valence electrons. The van der Waals surface area contributed by atoms with Crippen LogP contribution in [0.1, 0.15) is 0 Å². The lowest BCUT2D eigenvalue weighted by Crippen LogP contribution is -1.94. The van der Waals surface area contributed by atoms with E-state index in [0.29, 0.717) is 0 Å². The fourth-order valence-corrected chi connectivity index (χ4v) is 21.4. The summed E-state index contributed by atoms with van der Waals surface area (Å²) in [4.78, 5) is 0. The molecule has 0 aliphatic carbocycles. The highest BCUT2D eigenvalue weighted by Crippen LogP contribution is 2.53. The summed E-state index contributed by atoms with van der Waals surface area (Å²) in [6.07, 6.45) is 0. The first-order valence-electron chi connectivity index (χ1n) is 46.4. The van der Waals surface area contributed by atoms with Crippen LogP contribution in [0, 0.1) is 0 Å². The van der Waals surface area contributed by atoms with Crippen LogP contribution >= 0.6 is 0 Å². The second-order valence-corrected chi connectivity index (χ2v) is 34.9. The zero-order valence-electron chi connectivity index (χ0n) is 73.8. The van der Waals surface area contributed by atoms with Gasteiger partial charge in [-0.05, 0) is 276 Å². The van der Waals surface area contributed by atoms with Gasteiger partial charge in [-0.25, -0.2) is 0 Å². The molecule has 0 atom stereocenters. The van der Waals surface area contributed by atoms with E-state index in [1.807, 2.05) is 0 Å². The standard InChI is InChI=1S/2C46H30.C42H28/c1-2-16-31(17-3-1)33-19-6-10-24-38(33)45-40-26-12-14-28-42(40)46(43-29-15-13-27-41(43)45)39-25-11-9-23-37(39)44-30-32-18-4-5-20-34(32)35-21-7-8-22-36(35)44;1-2-15-31(16-3-1)35-20-6-9-24-39(35)46-42-27-12-10-25-40(42)45(41-26-11-13-28-43(41)46)34-19-14-18-32(29-34)44-30-33-17-4-5-21-36(33)37-22-7-8-23-38(37)44;1-2-13-31(14-3-1)35-16-6-7-17-36(35)42-39-20-10-8-18-37(39)41(38-19-9-11-21-40(38)42)32-25-22-30(23-26-32)34-27-24-29-12-4-5-15-33(29)28-34/h2*1-30H;1-28H. The molecule has 0 spiro atoms. The fraction of sp³-hybridized carbons (Fsp3) is 0. The van der Waals surface area contributed by atoms with Crippen LogP contribution in [0.5, 0.6) is 0 Å². The molecule has 0 amide bonds. The molecule has 0 unspecified atom stereocenters. The minimum Gasteiger partial charge on any atom is -0.0622 e. The van der Waals surface area contributed by atoms with Crippen LogP contribution < -0.4 is 0 Å². The van der Waals surface area contributed by atoms with E-state index in [9.17, 15) is 0 Å². The first-order chi connectivity index (χ1) is 66.6. The Bertz CT molecular complexity index is 8860. The Balaban J connectivity index is 0.000000111. The van der Waals surface area contributed by atoms with E-state index in [2.05, 4.69) is 534 Å². The molecule has 0 aliphatic heterocycles. The summed E-state index contributed by atoms with van der Waals surface area (Å²) in [6, 6.07) is 195. The molecule has 0 heterocycles. The summed E-state index contributed by atoms with van der Waals surface area (Å²) in [7, 11) is 0. The predicted octanol–water partition coefficient (Wildman–Crippen LogP) is 37.7. The SMILES string of the molecule is c1ccc(-c2ccccc2-c2c3ccccc3c(-c3ccc(-c4ccc5ccccc5c4)cc3)c3ccccc23)cc1.c1ccc(-c2ccccc2-c2c3ccccc3c(-c3cccc(-c4cc5ccccc5c5ccccc45)c3)c3ccccc23)cc1.c1ccc(-c2ccccc2-c2c3ccccc3c(-c3ccccc3-c3cc4ccccc4c4ccccc34)c3ccccc23)cc1. The third-order valence-electron chi connectivity index (χ3n) is 27.4. The van der Waals surface area contributed by atoms with Crippen molar-refractivity contribution in [1.29, 1.82) is 0 Å². The Morgan fingerprint density at radius 2 is 0.313 bits per heavy atom. The van der Waals surface area contributed by atoms with Gasteiger partial charge in [-0.15, -0.1) is 0 Å². The third kappa shape index (κ3) is 14.4. The monoisotopic (exact) mass is 1700 g/mol. The number of fused-ring (bicyclic) bond motifs is 13. The molecular weight excluding hydrogens is 1610 g/mol. The highest BCUT2D eigenvalue weighted by molar-refractivity contribution is 6.27. The van der Waals surface area contributed by atoms with Crippen molar-refractivity contribution in [3.05, 3.63) is 534 Å². The molecule has 0 saturated carbocycles. The Kier molecular flexibility index (Phi) is 20.8. The van der Waals surface area contributed by atoms with Crippen molar-refractivity contribution in [2.45, 2.75) is 0 Å². The van der Waals surface area contributed by atoms with Crippen molar-refractivity contribution >= 4 is 118 Å². The van der Waals surface area contributed by atoms with Crippen molar-refractivity contribution < 1.29 is 0 Å². The van der Waals surface area contributed by atoms with Crippen LogP contribution in [0.15, 0.2) is 534 Å². The molecule has 0 saturated heterocycles. The molecule has 0 bridgehead atoms. The van der Waals surface area contributed by atoms with Gasteiger partial charge in [-0.1, -0.05) is 510 Å². The summed E-state index contributed by atoms with van der Waals surface area (Å²) in [5.41, 5.74) is 30.1. The highest BCUT2D eigenvalue weighted by atomic mass is 14.3. The lowest BCUT2D eigenvalue weighted by Gasteiger charge is -2.21. The highest BCUT2D eigenvalue weighted by Gasteiger charge is 2.26. The van der Waals surface area contributed by atoms with Gasteiger partial charge in [0.25, 0.3) is 0 Å². The second-order valence-electron chi connectivity index (χ2n) is 34.9. The zero-order chi connectivity index (χ0) is 88.8. The van der Waals surface area contributed by atoms with Gasteiger partial charge >= 0.3 is 0 Å². The molecule has 26 aromatic rings. The summed E-state index contributed by atoms with van der Waals surface area (Å²) < 4.78 is 0. The van der Waals surface area contributed by atoms with Gasteiger partial charge in [0, 0.05) is 0 Å². The molecule has 0 radical (unpaired) electrons. The van der Waals surface area contributed by atoms with E-state index in [1.54, 1.807) is 0 Å². The molecule has 0 heteroatoms. The summed E-state index contributed by atoms with van der Waals surface area (Å²) in [5, 5.41) is 28.0. The third-order valence-corrected chi connectivity index (χ3v) is 27.4. The lowest BCUT2D eigenvalue weighted by molar-refractivity contribution is 1.60. The van der Waals surface area contributed by atoms with Crippen molar-refractivity contribution in [3.63, 3.8) is 0 Å². The van der Waals surface area contributed by atoms with Crippen LogP contribution in [0.3, 0.4) is 0 Å². The minimum absolute atomic E-state index is 1.23. The Hall–Kier alpha value is -17.4. The van der Waals surface area contributed by atoms with Crippen LogP contribution in [-0.4, -0.2) is 0 Å². The van der Waals surface area contributed by atoms with E-state index in [1.165, 1.54) is 252 Å². The maximum absolute atomic E-state index is 2.39. The van der Waals surface area contributed by atoms with Crippen molar-refractivity contribution in [1.82, 2.24) is 0 Å². The number of rotatable bonds is 12. The summed E-state index contributed by atoms with van der Waals surface area (Å²) >= 11 is 0. The lowest BCUT2D eigenvalue weighted by atomic mass is 9.82. The Morgan fingerprint density at radius 1 is 0.0746 bits per heavy atom. The topological polar surface area (TPSA) is 0 Å².